The molecular weight excluding hydrogens is 308 g/mol. The Labute approximate surface area is 142 Å². The molecule has 3 N–H and O–H groups in total. The first kappa shape index (κ1) is 17.9. The molecule has 0 radical (unpaired) electrons. The molecule has 7 nitrogen and oxygen atoms in total. The molecule has 1 aliphatic carbocycles. The Morgan fingerprint density at radius 3 is 2.21 bits per heavy atom. The van der Waals surface area contributed by atoms with E-state index in [1.54, 1.807) is 38.4 Å². The van der Waals surface area contributed by atoms with E-state index in [2.05, 4.69) is 10.6 Å². The Morgan fingerprint density at radius 2 is 1.67 bits per heavy atom. The monoisotopic (exact) mass is 333 g/mol. The molecule has 24 heavy (non-hydrogen) atoms. The second kappa shape index (κ2) is 7.92. The maximum atomic E-state index is 12.0. The quantitative estimate of drug-likeness (QED) is 0.606. The number of likely N-dealkylation sites (N-methyl/N-ethyl adjacent to an activating group) is 1. The smallest absolute Gasteiger partial charge is 0.279 e. The van der Waals surface area contributed by atoms with E-state index in [0.717, 1.165) is 17.7 Å². The molecule has 7 heteroatoms. The summed E-state index contributed by atoms with van der Waals surface area (Å²) in [5.41, 5.74) is 1.20. The number of benzene rings is 1. The van der Waals surface area contributed by atoms with Gasteiger partial charge >= 0.3 is 0 Å². The number of rotatable bonds is 7. The number of nitrogens with one attached hydrogen (secondary N) is 3. The van der Waals surface area contributed by atoms with E-state index in [1.165, 1.54) is 4.90 Å². The van der Waals surface area contributed by atoms with Gasteiger partial charge in [0, 0.05) is 31.4 Å². The molecule has 130 valence electrons. The average molecular weight is 333 g/mol. The lowest BCUT2D eigenvalue weighted by Gasteiger charge is -2.14. The normalized spacial score (nSPS) is 14.6. The van der Waals surface area contributed by atoms with Crippen molar-refractivity contribution in [3.63, 3.8) is 0 Å². The summed E-state index contributed by atoms with van der Waals surface area (Å²) < 4.78 is 0. The van der Waals surface area contributed by atoms with Crippen molar-refractivity contribution in [1.82, 2.24) is 10.2 Å². The van der Waals surface area contributed by atoms with Gasteiger partial charge in [-0.25, -0.2) is 0 Å². The lowest BCUT2D eigenvalue weighted by Crippen LogP contribution is -3.11. The van der Waals surface area contributed by atoms with Crippen LogP contribution in [0.1, 0.15) is 23.2 Å². The molecule has 0 saturated heterocycles. The number of quaternary nitrogens is 1. The topological polar surface area (TPSA) is 83.0 Å². The van der Waals surface area contributed by atoms with E-state index >= 15 is 0 Å². The molecule has 0 heterocycles. The lowest BCUT2D eigenvalue weighted by molar-refractivity contribution is -0.862. The molecule has 0 spiro atoms. The van der Waals surface area contributed by atoms with Crippen LogP contribution >= 0.6 is 0 Å². The minimum Gasteiger partial charge on any atom is -0.348 e. The van der Waals surface area contributed by atoms with Gasteiger partial charge in [-0.2, -0.15) is 0 Å². The fourth-order valence-corrected chi connectivity index (χ4v) is 2.28. The zero-order valence-electron chi connectivity index (χ0n) is 14.4. The molecule has 0 aliphatic heterocycles. The first-order valence-electron chi connectivity index (χ1n) is 8.07. The number of nitrogens with zero attached hydrogens (tertiary/aromatic N) is 1. The van der Waals surface area contributed by atoms with Gasteiger partial charge in [-0.15, -0.1) is 0 Å². The van der Waals surface area contributed by atoms with Crippen molar-refractivity contribution in [1.29, 1.82) is 0 Å². The first-order valence-corrected chi connectivity index (χ1v) is 8.07. The van der Waals surface area contributed by atoms with Crippen molar-refractivity contribution in [3.8, 4) is 0 Å². The van der Waals surface area contributed by atoms with Crippen LogP contribution in [-0.2, 0) is 9.59 Å². The molecule has 1 aromatic rings. The Bertz CT molecular complexity index is 609. The predicted octanol–water partition coefficient (Wildman–Crippen LogP) is -0.880. The number of carbonyl (C=O) groups is 3. The van der Waals surface area contributed by atoms with Gasteiger partial charge < -0.3 is 20.4 Å². The van der Waals surface area contributed by atoms with Gasteiger partial charge in [0.2, 0.25) is 0 Å². The largest absolute Gasteiger partial charge is 0.348 e. The summed E-state index contributed by atoms with van der Waals surface area (Å²) in [7, 11) is 5.19. The van der Waals surface area contributed by atoms with Crippen molar-refractivity contribution in [2.75, 3.05) is 39.5 Å². The summed E-state index contributed by atoms with van der Waals surface area (Å²) in [4.78, 5) is 37.9. The first-order chi connectivity index (χ1) is 11.3. The highest BCUT2D eigenvalue weighted by Gasteiger charge is 2.24. The van der Waals surface area contributed by atoms with Crippen LogP contribution in [-0.4, -0.2) is 62.9 Å². The fourth-order valence-electron chi connectivity index (χ4n) is 2.28. The van der Waals surface area contributed by atoms with Crippen LogP contribution < -0.4 is 15.5 Å². The molecular formula is C17H25N4O3+. The molecule has 1 unspecified atom stereocenters. The summed E-state index contributed by atoms with van der Waals surface area (Å²) in [6, 6.07) is 7.09. The van der Waals surface area contributed by atoms with E-state index in [-0.39, 0.29) is 30.8 Å². The Balaban J connectivity index is 1.78. The van der Waals surface area contributed by atoms with Crippen molar-refractivity contribution < 1.29 is 19.3 Å². The molecule has 0 bridgehead atoms. The van der Waals surface area contributed by atoms with Gasteiger partial charge in [0.25, 0.3) is 17.7 Å². The number of hydrogen-bond donors (Lipinski definition) is 3. The van der Waals surface area contributed by atoms with Crippen molar-refractivity contribution in [2.45, 2.75) is 18.9 Å². The highest BCUT2D eigenvalue weighted by atomic mass is 16.2. The third kappa shape index (κ3) is 5.66. The summed E-state index contributed by atoms with van der Waals surface area (Å²) in [6.45, 7) is 0.483. The highest BCUT2D eigenvalue weighted by molar-refractivity contribution is 5.95. The van der Waals surface area contributed by atoms with E-state index < -0.39 is 0 Å². The second-order valence-corrected chi connectivity index (χ2v) is 6.48. The van der Waals surface area contributed by atoms with Crippen LogP contribution in [0.25, 0.3) is 0 Å². The van der Waals surface area contributed by atoms with Crippen molar-refractivity contribution >= 4 is 23.4 Å². The second-order valence-electron chi connectivity index (χ2n) is 6.48. The van der Waals surface area contributed by atoms with E-state index in [0.29, 0.717) is 17.3 Å². The maximum absolute atomic E-state index is 12.0. The molecule has 1 aliphatic rings. The van der Waals surface area contributed by atoms with E-state index in [9.17, 15) is 14.4 Å². The minimum atomic E-state index is -0.168. The number of carbonyl (C=O) groups excluding carboxylic acids is 3. The summed E-state index contributed by atoms with van der Waals surface area (Å²) >= 11 is 0. The Morgan fingerprint density at radius 1 is 1.08 bits per heavy atom. The van der Waals surface area contributed by atoms with E-state index in [4.69, 9.17) is 0 Å². The molecule has 2 rings (SSSR count). The Hall–Kier alpha value is -2.41. The maximum Gasteiger partial charge on any atom is 0.279 e. The summed E-state index contributed by atoms with van der Waals surface area (Å²) in [5, 5.41) is 5.68. The van der Waals surface area contributed by atoms with Gasteiger partial charge in [0.05, 0.1) is 7.05 Å². The van der Waals surface area contributed by atoms with Crippen LogP contribution in [0.15, 0.2) is 24.3 Å². The van der Waals surface area contributed by atoms with Crippen LogP contribution in [0.2, 0.25) is 0 Å². The number of anilines is 1. The summed E-state index contributed by atoms with van der Waals surface area (Å²) in [5.74, 6) is -0.272. The molecule has 1 aromatic carbocycles. The van der Waals surface area contributed by atoms with Gasteiger partial charge in [0.15, 0.2) is 13.1 Å². The molecule has 1 saturated carbocycles. The van der Waals surface area contributed by atoms with Crippen molar-refractivity contribution in [2.24, 2.45) is 0 Å². The zero-order chi connectivity index (χ0) is 17.7. The predicted molar refractivity (Wildman–Crippen MR) is 90.9 cm³/mol. The molecule has 0 aromatic heterocycles. The lowest BCUT2D eigenvalue weighted by atomic mass is 10.2. The molecule has 3 amide bonds. The highest BCUT2D eigenvalue weighted by Crippen LogP contribution is 2.18. The standard InChI is InChI=1S/C17H24N4O3/c1-20(2)17(24)12-4-6-13(7-5-12)18-15(22)10-21(3)11-16(23)19-14-8-9-14/h4-7,14H,8-11H2,1-3H3,(H,18,22)(H,19,23)/p+1. The van der Waals surface area contributed by atoms with Gasteiger partial charge in [-0.1, -0.05) is 0 Å². The van der Waals surface area contributed by atoms with Gasteiger partial charge in [-0.3, -0.25) is 14.4 Å². The van der Waals surface area contributed by atoms with Crippen LogP contribution in [0.5, 0.6) is 0 Å². The zero-order valence-corrected chi connectivity index (χ0v) is 14.4. The summed E-state index contributed by atoms with van der Waals surface area (Å²) in [6.07, 6.45) is 2.11. The van der Waals surface area contributed by atoms with Gasteiger partial charge in [-0.05, 0) is 37.1 Å². The third-order valence-electron chi connectivity index (χ3n) is 3.69. The van der Waals surface area contributed by atoms with Crippen LogP contribution in [0.3, 0.4) is 0 Å². The average Bonchev–Trinajstić information content (AvgIpc) is 3.30. The van der Waals surface area contributed by atoms with Crippen LogP contribution in [0, 0.1) is 0 Å². The van der Waals surface area contributed by atoms with E-state index in [1.807, 2.05) is 7.05 Å². The van der Waals surface area contributed by atoms with Crippen LogP contribution in [0.4, 0.5) is 5.69 Å². The SMILES string of the molecule is CN(C)C(=O)c1ccc(NC(=O)C[NH+](C)CC(=O)NC2CC2)cc1. The van der Waals surface area contributed by atoms with Crippen molar-refractivity contribution in [3.05, 3.63) is 29.8 Å². The molecule has 1 atom stereocenters. The Kier molecular flexibility index (Phi) is 5.92. The number of hydrogen-bond acceptors (Lipinski definition) is 3. The third-order valence-corrected chi connectivity index (χ3v) is 3.69. The number of amides is 3. The minimum absolute atomic E-state index is 0.0191. The molecule has 1 fully saturated rings. The van der Waals surface area contributed by atoms with Gasteiger partial charge in [0.1, 0.15) is 0 Å². The fraction of sp³-hybridized carbons (Fsp3) is 0.471.